The zero-order valence-corrected chi connectivity index (χ0v) is 11.0. The maximum Gasteiger partial charge on any atom is 0.390 e. The largest absolute Gasteiger partial charge is 0.390 e. The maximum absolute atomic E-state index is 12.2. The number of carbonyl (C=O) groups excluding carboxylic acids is 1. The molecule has 1 aliphatic heterocycles. The van der Waals surface area contributed by atoms with Gasteiger partial charge < -0.3 is 4.90 Å². The van der Waals surface area contributed by atoms with Crippen molar-refractivity contribution >= 4 is 5.91 Å². The zero-order chi connectivity index (χ0) is 13.9. The molecule has 0 radical (unpaired) electrons. The average Bonchev–Trinajstić information content (AvgIpc) is 2.50. The van der Waals surface area contributed by atoms with Gasteiger partial charge in [-0.3, -0.25) is 10.1 Å². The van der Waals surface area contributed by atoms with E-state index in [4.69, 9.17) is 0 Å². The van der Waals surface area contributed by atoms with Crippen molar-refractivity contribution in [3.05, 3.63) is 0 Å². The lowest BCUT2D eigenvalue weighted by Gasteiger charge is -2.26. The lowest BCUT2D eigenvalue weighted by Crippen LogP contribution is -2.40. The highest BCUT2D eigenvalue weighted by atomic mass is 19.4. The van der Waals surface area contributed by atoms with Crippen LogP contribution in [0.15, 0.2) is 0 Å². The fourth-order valence-electron chi connectivity index (χ4n) is 2.19. The van der Waals surface area contributed by atoms with E-state index in [1.807, 2.05) is 20.8 Å². The van der Waals surface area contributed by atoms with Crippen molar-refractivity contribution in [1.82, 2.24) is 10.2 Å². The van der Waals surface area contributed by atoms with Crippen LogP contribution in [0.4, 0.5) is 13.2 Å². The Morgan fingerprint density at radius 1 is 1.39 bits per heavy atom. The molecule has 0 aromatic heterocycles. The summed E-state index contributed by atoms with van der Waals surface area (Å²) in [5.74, 6) is 0.131. The van der Waals surface area contributed by atoms with E-state index in [1.54, 1.807) is 0 Å². The molecule has 2 unspecified atom stereocenters. The van der Waals surface area contributed by atoms with Gasteiger partial charge in [0, 0.05) is 6.54 Å². The van der Waals surface area contributed by atoms with Crippen molar-refractivity contribution in [2.45, 2.75) is 58.4 Å². The maximum atomic E-state index is 12.2. The second-order valence-corrected chi connectivity index (χ2v) is 5.17. The summed E-state index contributed by atoms with van der Waals surface area (Å²) in [6.45, 7) is 5.60. The molecule has 3 nitrogen and oxygen atoms in total. The summed E-state index contributed by atoms with van der Waals surface area (Å²) in [6, 6.07) is -0.331. The highest BCUT2D eigenvalue weighted by Gasteiger charge is 2.39. The Morgan fingerprint density at radius 2 is 2.00 bits per heavy atom. The number of amides is 1. The minimum Gasteiger partial charge on any atom is -0.325 e. The van der Waals surface area contributed by atoms with Gasteiger partial charge in [0.25, 0.3) is 0 Å². The van der Waals surface area contributed by atoms with Crippen LogP contribution >= 0.6 is 0 Å². The summed E-state index contributed by atoms with van der Waals surface area (Å²) in [6.07, 6.45) is -4.13. The molecular weight excluding hydrogens is 245 g/mol. The van der Waals surface area contributed by atoms with Gasteiger partial charge in [-0.1, -0.05) is 20.8 Å². The molecule has 1 heterocycles. The third kappa shape index (κ3) is 4.15. The fourth-order valence-corrected chi connectivity index (χ4v) is 2.19. The molecule has 1 amide bonds. The molecule has 1 saturated heterocycles. The molecule has 1 aliphatic rings. The average molecular weight is 266 g/mol. The lowest BCUT2D eigenvalue weighted by atomic mass is 10.1. The van der Waals surface area contributed by atoms with Crippen LogP contribution in [0.25, 0.3) is 0 Å². The molecule has 1 rings (SSSR count). The summed E-state index contributed by atoms with van der Waals surface area (Å²) < 4.78 is 36.7. The van der Waals surface area contributed by atoms with Crippen molar-refractivity contribution in [2.75, 3.05) is 6.54 Å². The number of carbonyl (C=O) groups is 1. The number of hydrogen-bond acceptors (Lipinski definition) is 2. The molecular formula is C12H21F3N2O. The minimum atomic E-state index is -4.22. The van der Waals surface area contributed by atoms with Crippen molar-refractivity contribution in [1.29, 1.82) is 0 Å². The van der Waals surface area contributed by atoms with Crippen LogP contribution in [0.5, 0.6) is 0 Å². The second kappa shape index (κ2) is 5.91. The Morgan fingerprint density at radius 3 is 2.44 bits per heavy atom. The lowest BCUT2D eigenvalue weighted by molar-refractivity contribution is -0.145. The molecule has 18 heavy (non-hydrogen) atoms. The predicted octanol–water partition coefficient (Wildman–Crippen LogP) is 2.52. The summed E-state index contributed by atoms with van der Waals surface area (Å²) in [5, 5.41) is 3.12. The van der Waals surface area contributed by atoms with Crippen molar-refractivity contribution in [3.8, 4) is 0 Å². The number of nitrogens with zero attached hydrogens (tertiary/aromatic N) is 1. The van der Waals surface area contributed by atoms with E-state index < -0.39 is 12.6 Å². The van der Waals surface area contributed by atoms with Crippen LogP contribution in [-0.4, -0.2) is 35.7 Å². The van der Waals surface area contributed by atoms with Crippen LogP contribution in [0.1, 0.15) is 40.0 Å². The standard InChI is InChI=1S/C12H21F3N2O/c1-4-9-11(18)17(6-5-12(13,14)15)10(16-9)7-8(2)3/h8-10,16H,4-7H2,1-3H3. The van der Waals surface area contributed by atoms with E-state index in [0.717, 1.165) is 0 Å². The number of alkyl halides is 3. The summed E-state index contributed by atoms with van der Waals surface area (Å²) in [4.78, 5) is 13.3. The molecule has 0 aliphatic carbocycles. The van der Waals surface area contributed by atoms with Gasteiger partial charge in [-0.25, -0.2) is 0 Å². The van der Waals surface area contributed by atoms with E-state index in [1.165, 1.54) is 4.90 Å². The van der Waals surface area contributed by atoms with Crippen LogP contribution in [0.3, 0.4) is 0 Å². The first-order valence-corrected chi connectivity index (χ1v) is 6.38. The van der Waals surface area contributed by atoms with Gasteiger partial charge in [-0.05, 0) is 18.8 Å². The van der Waals surface area contributed by atoms with Gasteiger partial charge in [-0.15, -0.1) is 0 Å². The third-order valence-electron chi connectivity index (χ3n) is 3.09. The van der Waals surface area contributed by atoms with Gasteiger partial charge in [0.1, 0.15) is 0 Å². The molecule has 0 aromatic carbocycles. The van der Waals surface area contributed by atoms with Crippen molar-refractivity contribution < 1.29 is 18.0 Å². The summed E-state index contributed by atoms with van der Waals surface area (Å²) in [5.41, 5.74) is 0. The van der Waals surface area contributed by atoms with E-state index in [2.05, 4.69) is 5.32 Å². The number of rotatable bonds is 5. The Kier molecular flexibility index (Phi) is 5.01. The van der Waals surface area contributed by atoms with Gasteiger partial charge in [-0.2, -0.15) is 13.2 Å². The molecule has 2 atom stereocenters. The number of nitrogens with one attached hydrogen (secondary N) is 1. The predicted molar refractivity (Wildman–Crippen MR) is 62.8 cm³/mol. The van der Waals surface area contributed by atoms with Crippen molar-refractivity contribution in [2.24, 2.45) is 5.92 Å². The molecule has 0 bridgehead atoms. The van der Waals surface area contributed by atoms with Gasteiger partial charge >= 0.3 is 6.18 Å². The van der Waals surface area contributed by atoms with E-state index in [-0.39, 0.29) is 24.7 Å². The molecule has 1 fully saturated rings. The van der Waals surface area contributed by atoms with Gasteiger partial charge in [0.05, 0.1) is 18.6 Å². The Labute approximate surface area is 106 Å². The topological polar surface area (TPSA) is 32.3 Å². The Bertz CT molecular complexity index is 292. The van der Waals surface area contributed by atoms with E-state index in [9.17, 15) is 18.0 Å². The Hall–Kier alpha value is -0.780. The van der Waals surface area contributed by atoms with Gasteiger partial charge in [0.15, 0.2) is 0 Å². The first kappa shape index (κ1) is 15.3. The normalized spacial score (nSPS) is 25.3. The van der Waals surface area contributed by atoms with E-state index in [0.29, 0.717) is 18.8 Å². The number of hydrogen-bond donors (Lipinski definition) is 1. The quantitative estimate of drug-likeness (QED) is 0.829. The van der Waals surface area contributed by atoms with Crippen LogP contribution in [0.2, 0.25) is 0 Å². The molecule has 106 valence electrons. The van der Waals surface area contributed by atoms with Crippen LogP contribution in [-0.2, 0) is 4.79 Å². The third-order valence-corrected chi connectivity index (χ3v) is 3.09. The molecule has 1 N–H and O–H groups in total. The first-order valence-electron chi connectivity index (χ1n) is 6.38. The Balaban J connectivity index is 2.66. The van der Waals surface area contributed by atoms with E-state index >= 15 is 0 Å². The zero-order valence-electron chi connectivity index (χ0n) is 11.0. The summed E-state index contributed by atoms with van der Waals surface area (Å²) in [7, 11) is 0. The van der Waals surface area contributed by atoms with Crippen LogP contribution in [0, 0.1) is 5.92 Å². The molecule has 0 saturated carbocycles. The smallest absolute Gasteiger partial charge is 0.325 e. The number of halogens is 3. The van der Waals surface area contributed by atoms with Crippen molar-refractivity contribution in [3.63, 3.8) is 0 Å². The van der Waals surface area contributed by atoms with Gasteiger partial charge in [0.2, 0.25) is 5.91 Å². The second-order valence-electron chi connectivity index (χ2n) is 5.17. The highest BCUT2D eigenvalue weighted by Crippen LogP contribution is 2.24. The van der Waals surface area contributed by atoms with Crippen LogP contribution < -0.4 is 5.32 Å². The monoisotopic (exact) mass is 266 g/mol. The molecule has 0 aromatic rings. The first-order chi connectivity index (χ1) is 8.24. The SMILES string of the molecule is CCC1NC(CC(C)C)N(CCC(F)(F)F)C1=O. The molecule has 6 heteroatoms. The highest BCUT2D eigenvalue weighted by molar-refractivity contribution is 5.84. The minimum absolute atomic E-state index is 0.201. The molecule has 0 spiro atoms. The fraction of sp³-hybridized carbons (Fsp3) is 0.917. The summed E-state index contributed by atoms with van der Waals surface area (Å²) >= 11 is 0.